The zero-order chi connectivity index (χ0) is 12.3. The van der Waals surface area contributed by atoms with Gasteiger partial charge in [-0.3, -0.25) is 4.79 Å². The van der Waals surface area contributed by atoms with Gasteiger partial charge in [0, 0.05) is 12.6 Å². The highest BCUT2D eigenvalue weighted by Gasteiger charge is 2.22. The molecule has 1 heterocycles. The predicted molar refractivity (Wildman–Crippen MR) is 66.8 cm³/mol. The molecule has 3 heteroatoms. The third-order valence-electron chi connectivity index (χ3n) is 3.42. The number of phenols is 1. The molecule has 1 unspecified atom stereocenters. The van der Waals surface area contributed by atoms with Gasteiger partial charge in [0.15, 0.2) is 0 Å². The maximum atomic E-state index is 12.1. The Hall–Kier alpha value is -1.51. The number of carbonyl (C=O) groups excluding carboxylic acids is 1. The van der Waals surface area contributed by atoms with Crippen LogP contribution in [0.1, 0.15) is 31.7 Å². The summed E-state index contributed by atoms with van der Waals surface area (Å²) in [6.07, 6.45) is 3.89. The van der Waals surface area contributed by atoms with Gasteiger partial charge in [-0.2, -0.15) is 0 Å². The van der Waals surface area contributed by atoms with E-state index < -0.39 is 0 Å². The Kier molecular flexibility index (Phi) is 3.67. The van der Waals surface area contributed by atoms with E-state index in [4.69, 9.17) is 0 Å². The summed E-state index contributed by atoms with van der Waals surface area (Å²) in [5.41, 5.74) is 0.963. The molecule has 0 spiro atoms. The molecule has 2 rings (SSSR count). The molecular weight excluding hydrogens is 214 g/mol. The van der Waals surface area contributed by atoms with Crippen molar-refractivity contribution in [3.63, 3.8) is 0 Å². The van der Waals surface area contributed by atoms with Crippen LogP contribution in [0.4, 0.5) is 0 Å². The lowest BCUT2D eigenvalue weighted by Gasteiger charge is -2.33. The Morgan fingerprint density at radius 3 is 2.71 bits per heavy atom. The maximum absolute atomic E-state index is 12.1. The first-order valence-corrected chi connectivity index (χ1v) is 6.24. The standard InChI is InChI=1S/C14H19NO2/c1-11-4-2-3-9-15(11)14(17)10-12-5-7-13(16)8-6-12/h5-8,11,16H,2-4,9-10H2,1H3. The van der Waals surface area contributed by atoms with Gasteiger partial charge >= 0.3 is 0 Å². The Morgan fingerprint density at radius 1 is 1.35 bits per heavy atom. The molecule has 1 saturated heterocycles. The summed E-state index contributed by atoms with van der Waals surface area (Å²) < 4.78 is 0. The van der Waals surface area contributed by atoms with Crippen molar-refractivity contribution in [2.24, 2.45) is 0 Å². The Labute approximate surface area is 102 Å². The zero-order valence-electron chi connectivity index (χ0n) is 10.2. The van der Waals surface area contributed by atoms with Gasteiger partial charge in [-0.25, -0.2) is 0 Å². The third kappa shape index (κ3) is 2.99. The molecule has 0 bridgehead atoms. The minimum absolute atomic E-state index is 0.197. The lowest BCUT2D eigenvalue weighted by atomic mass is 10.0. The van der Waals surface area contributed by atoms with E-state index in [9.17, 15) is 9.90 Å². The van der Waals surface area contributed by atoms with Gasteiger partial charge in [-0.1, -0.05) is 12.1 Å². The number of amides is 1. The smallest absolute Gasteiger partial charge is 0.227 e. The molecular formula is C14H19NO2. The van der Waals surface area contributed by atoms with Crippen LogP contribution in [0, 0.1) is 0 Å². The van der Waals surface area contributed by atoms with Gasteiger partial charge in [0.2, 0.25) is 5.91 Å². The van der Waals surface area contributed by atoms with Crippen molar-refractivity contribution in [3.8, 4) is 5.75 Å². The summed E-state index contributed by atoms with van der Waals surface area (Å²) in [5.74, 6) is 0.440. The number of benzene rings is 1. The van der Waals surface area contributed by atoms with Crippen LogP contribution in [0.15, 0.2) is 24.3 Å². The van der Waals surface area contributed by atoms with Crippen LogP contribution in [-0.2, 0) is 11.2 Å². The summed E-state index contributed by atoms with van der Waals surface area (Å²) in [5, 5.41) is 9.19. The molecule has 0 radical (unpaired) electrons. The summed E-state index contributed by atoms with van der Waals surface area (Å²) in [6.45, 7) is 3.01. The molecule has 1 aliphatic rings. The predicted octanol–water partition coefficient (Wildman–Crippen LogP) is 2.34. The molecule has 3 nitrogen and oxygen atoms in total. The summed E-state index contributed by atoms with van der Waals surface area (Å²) in [6, 6.07) is 7.24. The van der Waals surface area contributed by atoms with E-state index >= 15 is 0 Å². The van der Waals surface area contributed by atoms with Gasteiger partial charge in [-0.15, -0.1) is 0 Å². The number of piperidine rings is 1. The molecule has 17 heavy (non-hydrogen) atoms. The second-order valence-electron chi connectivity index (χ2n) is 4.78. The molecule has 1 fully saturated rings. The SMILES string of the molecule is CC1CCCCN1C(=O)Cc1ccc(O)cc1. The first-order valence-electron chi connectivity index (χ1n) is 6.24. The molecule has 1 aliphatic heterocycles. The van der Waals surface area contributed by atoms with E-state index in [0.717, 1.165) is 24.9 Å². The Morgan fingerprint density at radius 2 is 2.06 bits per heavy atom. The lowest BCUT2D eigenvalue weighted by Crippen LogP contribution is -2.42. The first-order chi connectivity index (χ1) is 8.16. The number of phenolic OH excluding ortho intramolecular Hbond substituents is 1. The molecule has 92 valence electrons. The second-order valence-corrected chi connectivity index (χ2v) is 4.78. The fourth-order valence-electron chi connectivity index (χ4n) is 2.36. The van der Waals surface area contributed by atoms with E-state index in [1.807, 2.05) is 17.0 Å². The third-order valence-corrected chi connectivity index (χ3v) is 3.42. The quantitative estimate of drug-likeness (QED) is 0.851. The van der Waals surface area contributed by atoms with Gasteiger partial charge in [0.05, 0.1) is 6.42 Å². The highest BCUT2D eigenvalue weighted by Crippen LogP contribution is 2.18. The van der Waals surface area contributed by atoms with Gasteiger partial charge in [0.1, 0.15) is 5.75 Å². The fourth-order valence-corrected chi connectivity index (χ4v) is 2.36. The zero-order valence-corrected chi connectivity index (χ0v) is 10.2. The minimum Gasteiger partial charge on any atom is -0.508 e. The van der Waals surface area contributed by atoms with Gasteiger partial charge in [-0.05, 0) is 43.9 Å². The first kappa shape index (κ1) is 12.0. The van der Waals surface area contributed by atoms with E-state index in [1.165, 1.54) is 6.42 Å². The number of rotatable bonds is 2. The van der Waals surface area contributed by atoms with Crippen LogP contribution in [0.3, 0.4) is 0 Å². The van der Waals surface area contributed by atoms with E-state index in [-0.39, 0.29) is 11.7 Å². The van der Waals surface area contributed by atoms with Crippen LogP contribution in [0.25, 0.3) is 0 Å². The molecule has 1 aromatic carbocycles. The molecule has 1 aromatic rings. The van der Waals surface area contributed by atoms with Gasteiger partial charge < -0.3 is 10.0 Å². The average molecular weight is 233 g/mol. The largest absolute Gasteiger partial charge is 0.508 e. The maximum Gasteiger partial charge on any atom is 0.227 e. The summed E-state index contributed by atoms with van der Waals surface area (Å²) in [7, 11) is 0. The van der Waals surface area contributed by atoms with Crippen LogP contribution >= 0.6 is 0 Å². The molecule has 0 saturated carbocycles. The van der Waals surface area contributed by atoms with Crippen LogP contribution in [0.2, 0.25) is 0 Å². The molecule has 0 aromatic heterocycles. The number of aromatic hydroxyl groups is 1. The number of likely N-dealkylation sites (tertiary alicyclic amines) is 1. The van der Waals surface area contributed by atoms with Crippen molar-refractivity contribution in [2.75, 3.05) is 6.54 Å². The number of nitrogens with zero attached hydrogens (tertiary/aromatic N) is 1. The summed E-state index contributed by atoms with van der Waals surface area (Å²) >= 11 is 0. The monoisotopic (exact) mass is 233 g/mol. The van der Waals surface area contributed by atoms with Crippen molar-refractivity contribution in [3.05, 3.63) is 29.8 Å². The van der Waals surface area contributed by atoms with E-state index in [1.54, 1.807) is 12.1 Å². The summed E-state index contributed by atoms with van der Waals surface area (Å²) in [4.78, 5) is 14.1. The van der Waals surface area contributed by atoms with Crippen molar-refractivity contribution in [1.29, 1.82) is 0 Å². The average Bonchev–Trinajstić information content (AvgIpc) is 2.32. The number of carbonyl (C=O) groups is 1. The normalized spacial score (nSPS) is 20.3. The van der Waals surface area contributed by atoms with Crippen LogP contribution in [0.5, 0.6) is 5.75 Å². The van der Waals surface area contributed by atoms with Crippen LogP contribution < -0.4 is 0 Å². The van der Waals surface area contributed by atoms with Crippen molar-refractivity contribution < 1.29 is 9.90 Å². The van der Waals surface area contributed by atoms with Crippen molar-refractivity contribution in [2.45, 2.75) is 38.6 Å². The second kappa shape index (κ2) is 5.21. The highest BCUT2D eigenvalue weighted by atomic mass is 16.3. The van der Waals surface area contributed by atoms with Crippen molar-refractivity contribution >= 4 is 5.91 Å². The Balaban J connectivity index is 1.98. The van der Waals surface area contributed by atoms with Crippen LogP contribution in [-0.4, -0.2) is 28.5 Å². The molecule has 0 aliphatic carbocycles. The number of hydrogen-bond acceptors (Lipinski definition) is 2. The molecule has 1 N–H and O–H groups in total. The topological polar surface area (TPSA) is 40.5 Å². The molecule has 1 amide bonds. The molecule has 1 atom stereocenters. The lowest BCUT2D eigenvalue weighted by molar-refractivity contribution is -0.133. The fraction of sp³-hybridized carbons (Fsp3) is 0.500. The number of hydrogen-bond donors (Lipinski definition) is 1. The van der Waals surface area contributed by atoms with Crippen molar-refractivity contribution in [1.82, 2.24) is 4.90 Å². The van der Waals surface area contributed by atoms with E-state index in [0.29, 0.717) is 12.5 Å². The Bertz CT molecular complexity index is 386. The highest BCUT2D eigenvalue weighted by molar-refractivity contribution is 5.79. The van der Waals surface area contributed by atoms with Gasteiger partial charge in [0.25, 0.3) is 0 Å². The minimum atomic E-state index is 0.197. The van der Waals surface area contributed by atoms with E-state index in [2.05, 4.69) is 6.92 Å².